The molecule has 5 nitrogen and oxygen atoms in total. The molecule has 1 amide bonds. The molecule has 146 valence electrons. The Morgan fingerprint density at radius 2 is 2.19 bits per heavy atom. The van der Waals surface area contributed by atoms with Crippen molar-refractivity contribution < 1.29 is 14.4 Å². The van der Waals surface area contributed by atoms with Crippen LogP contribution in [0, 0.1) is 11.7 Å². The Labute approximate surface area is 159 Å². The van der Waals surface area contributed by atoms with Crippen LogP contribution in [-0.2, 0) is 13.0 Å². The summed E-state index contributed by atoms with van der Waals surface area (Å²) in [5.41, 5.74) is 3.79. The summed E-state index contributed by atoms with van der Waals surface area (Å²) in [5, 5.41) is 8.89. The molecule has 0 spiro atoms. The smallest absolute Gasteiger partial charge is 0.274 e. The van der Waals surface area contributed by atoms with Crippen LogP contribution in [0.2, 0.25) is 0 Å². The zero-order valence-electron chi connectivity index (χ0n) is 15.9. The lowest BCUT2D eigenvalue weighted by molar-refractivity contribution is 0.0704. The molecule has 0 radical (unpaired) electrons. The van der Waals surface area contributed by atoms with E-state index in [1.165, 1.54) is 38.3 Å². The third kappa shape index (κ3) is 2.80. The number of benzene rings is 1. The summed E-state index contributed by atoms with van der Waals surface area (Å²) in [6.07, 6.45) is 7.03. The van der Waals surface area contributed by atoms with Crippen molar-refractivity contribution in [3.8, 4) is 0 Å². The number of carbonyl (C=O) groups excluding carboxylic acids is 1. The predicted molar refractivity (Wildman–Crippen MR) is 99.0 cm³/mol. The molecule has 2 saturated carbocycles. The van der Waals surface area contributed by atoms with Crippen LogP contribution in [-0.4, -0.2) is 51.6 Å². The summed E-state index contributed by atoms with van der Waals surface area (Å²) in [5.74, 6) is -0.148. The Morgan fingerprint density at radius 1 is 1.37 bits per heavy atom. The van der Waals surface area contributed by atoms with Crippen LogP contribution in [0.15, 0.2) is 12.1 Å². The Morgan fingerprint density at radius 3 is 2.85 bits per heavy atom. The second-order valence-electron chi connectivity index (χ2n) is 8.93. The van der Waals surface area contributed by atoms with Crippen molar-refractivity contribution in [3.63, 3.8) is 0 Å². The van der Waals surface area contributed by atoms with Gasteiger partial charge in [0.2, 0.25) is 0 Å². The number of hydrogen-bond donors (Lipinski definition) is 2. The van der Waals surface area contributed by atoms with Crippen molar-refractivity contribution in [2.75, 3.05) is 13.1 Å². The van der Waals surface area contributed by atoms with Gasteiger partial charge in [0.05, 0.1) is 0 Å². The predicted octanol–water partition coefficient (Wildman–Crippen LogP) is 2.71. The third-order valence-corrected chi connectivity index (χ3v) is 7.41. The molecule has 1 aromatic carbocycles. The van der Waals surface area contributed by atoms with E-state index in [1.54, 1.807) is 11.5 Å². The van der Waals surface area contributed by atoms with E-state index in [9.17, 15) is 9.18 Å². The lowest BCUT2D eigenvalue weighted by Crippen LogP contribution is -2.50. The Hall–Kier alpha value is -1.50. The van der Waals surface area contributed by atoms with Crippen molar-refractivity contribution in [2.45, 2.75) is 69.6 Å². The molecule has 5 rings (SSSR count). The topological polar surface area (TPSA) is 55.8 Å². The summed E-state index contributed by atoms with van der Waals surface area (Å²) >= 11 is 0. The van der Waals surface area contributed by atoms with E-state index in [-0.39, 0.29) is 11.4 Å². The van der Waals surface area contributed by atoms with Gasteiger partial charge < -0.3 is 0 Å². The fourth-order valence-electron chi connectivity index (χ4n) is 5.74. The van der Waals surface area contributed by atoms with Gasteiger partial charge in [0.1, 0.15) is 5.82 Å². The number of likely N-dealkylation sites (tertiary alicyclic amines) is 1. The number of halogens is 1. The number of fused-ring (bicyclic) bond motifs is 2. The quantitative estimate of drug-likeness (QED) is 0.616. The van der Waals surface area contributed by atoms with Gasteiger partial charge >= 0.3 is 0 Å². The molecule has 2 unspecified atom stereocenters. The van der Waals surface area contributed by atoms with Crippen molar-refractivity contribution in [3.05, 3.63) is 34.6 Å². The standard InChI is InChI=1S/C21H28FN3O2/c1-2-16-9-18-14(7-13(8-19(18)22)20(26)23-27)11-24(16)12-21-10-15(21)5-6-25(21)17-3-4-17/h7-8,15-17,27H,2-6,9-12H2,1H3,(H,23,26)/t15?,16-,21?/m0/s1. The zero-order valence-corrected chi connectivity index (χ0v) is 15.9. The van der Waals surface area contributed by atoms with E-state index >= 15 is 0 Å². The lowest BCUT2D eigenvalue weighted by Gasteiger charge is -2.41. The molecule has 2 heterocycles. The number of hydrogen-bond acceptors (Lipinski definition) is 4. The minimum absolute atomic E-state index is 0.187. The highest BCUT2D eigenvalue weighted by atomic mass is 19.1. The molecule has 0 aromatic heterocycles. The number of rotatable bonds is 5. The molecule has 6 heteroatoms. The van der Waals surface area contributed by atoms with Crippen LogP contribution in [0.3, 0.4) is 0 Å². The van der Waals surface area contributed by atoms with Crippen LogP contribution in [0.5, 0.6) is 0 Å². The molecule has 2 N–H and O–H groups in total. The Kier molecular flexibility index (Phi) is 4.08. The van der Waals surface area contributed by atoms with E-state index in [4.69, 9.17) is 5.21 Å². The van der Waals surface area contributed by atoms with Gasteiger partial charge in [-0.25, -0.2) is 9.87 Å². The molecule has 1 saturated heterocycles. The number of nitrogens with one attached hydrogen (secondary N) is 1. The van der Waals surface area contributed by atoms with E-state index in [2.05, 4.69) is 16.7 Å². The Balaban J connectivity index is 1.42. The van der Waals surface area contributed by atoms with Gasteiger partial charge in [0.25, 0.3) is 5.91 Å². The second-order valence-corrected chi connectivity index (χ2v) is 8.93. The maximum absolute atomic E-state index is 14.6. The molecular weight excluding hydrogens is 345 g/mol. The molecular formula is C21H28FN3O2. The summed E-state index contributed by atoms with van der Waals surface area (Å²) in [7, 11) is 0. The van der Waals surface area contributed by atoms with Crippen molar-refractivity contribution >= 4 is 5.91 Å². The normalized spacial score (nSPS) is 32.9. The second kappa shape index (κ2) is 6.26. The van der Waals surface area contributed by atoms with Gasteiger partial charge in [0.15, 0.2) is 0 Å². The molecule has 4 aliphatic rings. The van der Waals surface area contributed by atoms with E-state index in [1.807, 2.05) is 0 Å². The van der Waals surface area contributed by atoms with Crippen LogP contribution >= 0.6 is 0 Å². The van der Waals surface area contributed by atoms with Crippen LogP contribution in [0.4, 0.5) is 4.39 Å². The van der Waals surface area contributed by atoms with Crippen LogP contribution in [0.1, 0.15) is 60.5 Å². The van der Waals surface area contributed by atoms with Crippen molar-refractivity contribution in [1.29, 1.82) is 0 Å². The fraction of sp³-hybridized carbons (Fsp3) is 0.667. The average Bonchev–Trinajstić information content (AvgIpc) is 3.59. The first-order chi connectivity index (χ1) is 13.1. The van der Waals surface area contributed by atoms with Gasteiger partial charge in [-0.05, 0) is 74.2 Å². The highest BCUT2D eigenvalue weighted by Crippen LogP contribution is 2.59. The van der Waals surface area contributed by atoms with E-state index in [0.717, 1.165) is 36.1 Å². The number of amides is 1. The number of carbonyl (C=O) groups is 1. The molecule has 2 aliphatic carbocycles. The average molecular weight is 373 g/mol. The number of hydroxylamine groups is 1. The van der Waals surface area contributed by atoms with Crippen molar-refractivity contribution in [2.24, 2.45) is 5.92 Å². The molecule has 3 atom stereocenters. The third-order valence-electron chi connectivity index (χ3n) is 7.41. The molecule has 0 bridgehead atoms. The van der Waals surface area contributed by atoms with E-state index < -0.39 is 5.91 Å². The summed E-state index contributed by atoms with van der Waals surface area (Å²) in [4.78, 5) is 17.1. The minimum atomic E-state index is -0.655. The van der Waals surface area contributed by atoms with Crippen LogP contribution in [0.25, 0.3) is 0 Å². The number of piperidine rings is 1. The fourth-order valence-corrected chi connectivity index (χ4v) is 5.74. The maximum atomic E-state index is 14.6. The van der Waals surface area contributed by atoms with Crippen molar-refractivity contribution in [1.82, 2.24) is 15.3 Å². The van der Waals surface area contributed by atoms with Gasteiger partial charge in [-0.15, -0.1) is 0 Å². The summed E-state index contributed by atoms with van der Waals surface area (Å²) in [6.45, 7) is 5.17. The first kappa shape index (κ1) is 17.6. The molecule has 27 heavy (non-hydrogen) atoms. The minimum Gasteiger partial charge on any atom is -0.294 e. The summed E-state index contributed by atoms with van der Waals surface area (Å²) < 4.78 is 14.6. The van der Waals surface area contributed by atoms with Crippen LogP contribution < -0.4 is 5.48 Å². The van der Waals surface area contributed by atoms with Gasteiger partial charge in [-0.2, -0.15) is 0 Å². The van der Waals surface area contributed by atoms with E-state index in [0.29, 0.717) is 24.5 Å². The zero-order chi connectivity index (χ0) is 18.8. The van der Waals surface area contributed by atoms with Gasteiger partial charge in [-0.1, -0.05) is 6.92 Å². The lowest BCUT2D eigenvalue weighted by atomic mass is 9.90. The highest BCUT2D eigenvalue weighted by Gasteiger charge is 2.64. The maximum Gasteiger partial charge on any atom is 0.274 e. The molecule has 2 aliphatic heterocycles. The Bertz CT molecular complexity index is 781. The first-order valence-electron chi connectivity index (χ1n) is 10.3. The van der Waals surface area contributed by atoms with Gasteiger partial charge in [0, 0.05) is 36.3 Å². The molecule has 1 aromatic rings. The first-order valence-corrected chi connectivity index (χ1v) is 10.3. The number of nitrogens with zero attached hydrogens (tertiary/aromatic N) is 2. The van der Waals surface area contributed by atoms with Gasteiger partial charge in [-0.3, -0.25) is 19.8 Å². The summed E-state index contributed by atoms with van der Waals surface area (Å²) in [6, 6.07) is 4.14. The largest absolute Gasteiger partial charge is 0.294 e. The molecule has 3 fully saturated rings. The monoisotopic (exact) mass is 373 g/mol. The highest BCUT2D eigenvalue weighted by molar-refractivity contribution is 5.93. The SMILES string of the molecule is CC[C@H]1Cc2c(F)cc(C(=O)NO)cc2CN1CC12CC1CCN2C1CC1.